The van der Waals surface area contributed by atoms with E-state index < -0.39 is 0 Å². The van der Waals surface area contributed by atoms with Crippen molar-refractivity contribution in [3.05, 3.63) is 76.4 Å². The molecule has 3 rings (SSSR count). The number of carbonyl (C=O) groups is 1. The zero-order valence-electron chi connectivity index (χ0n) is 19.1. The molecule has 1 aromatic heterocycles. The highest BCUT2D eigenvalue weighted by Gasteiger charge is 2.12. The van der Waals surface area contributed by atoms with E-state index in [0.29, 0.717) is 46.9 Å². The Morgan fingerprint density at radius 3 is 2.56 bits per heavy atom. The van der Waals surface area contributed by atoms with Crippen molar-refractivity contribution >= 4 is 16.8 Å². The number of aryl methyl sites for hydroxylation is 1. The van der Waals surface area contributed by atoms with E-state index in [1.54, 1.807) is 54.0 Å². The largest absolute Gasteiger partial charge is 0.489 e. The minimum atomic E-state index is -0.186. The number of hydrogen-bond donors (Lipinski definition) is 1. The Bertz CT molecular complexity index is 1180. The number of ether oxygens (including phenoxy) is 1. The number of nitrogens with one attached hydrogen (secondary N) is 1. The van der Waals surface area contributed by atoms with E-state index in [0.717, 1.165) is 18.5 Å². The highest BCUT2D eigenvalue weighted by Crippen LogP contribution is 2.19. The molecule has 0 aliphatic rings. The van der Waals surface area contributed by atoms with Crippen LogP contribution in [-0.2, 0) is 0 Å². The fraction of sp³-hybridized carbons (Fsp3) is 0.320. The molecule has 168 valence electrons. The maximum Gasteiger partial charge on any atom is 0.266 e. The lowest BCUT2D eigenvalue weighted by molar-refractivity contribution is 0.0952. The average Bonchev–Trinajstić information content (AvgIpc) is 2.75. The fourth-order valence-corrected chi connectivity index (χ4v) is 3.34. The van der Waals surface area contributed by atoms with Gasteiger partial charge in [0, 0.05) is 12.1 Å². The third kappa shape index (κ3) is 5.62. The molecule has 2 aromatic carbocycles. The number of rotatable bonds is 9. The fourth-order valence-electron chi connectivity index (χ4n) is 3.34. The van der Waals surface area contributed by atoms with Crippen molar-refractivity contribution in [2.75, 3.05) is 33.8 Å². The summed E-state index contributed by atoms with van der Waals surface area (Å²) in [4.78, 5) is 32.3. The monoisotopic (exact) mass is 434 g/mol. The van der Waals surface area contributed by atoms with E-state index in [2.05, 4.69) is 21.8 Å². The number of amides is 1. The predicted molar refractivity (Wildman–Crippen MR) is 128 cm³/mol. The number of nitrogens with zero attached hydrogens (tertiary/aromatic N) is 3. The molecule has 32 heavy (non-hydrogen) atoms. The third-order valence-electron chi connectivity index (χ3n) is 4.95. The van der Waals surface area contributed by atoms with Crippen molar-refractivity contribution < 1.29 is 9.53 Å². The summed E-state index contributed by atoms with van der Waals surface area (Å²) >= 11 is 0. The first-order valence-electron chi connectivity index (χ1n) is 10.6. The molecule has 1 N–H and O–H groups in total. The molecule has 0 radical (unpaired) electrons. The minimum absolute atomic E-state index is 0.129. The van der Waals surface area contributed by atoms with Crippen molar-refractivity contribution in [2.45, 2.75) is 20.3 Å². The van der Waals surface area contributed by atoms with Crippen molar-refractivity contribution in [1.29, 1.82) is 0 Å². The van der Waals surface area contributed by atoms with Crippen LogP contribution in [0.3, 0.4) is 0 Å². The van der Waals surface area contributed by atoms with Gasteiger partial charge in [0.15, 0.2) is 0 Å². The first kappa shape index (κ1) is 23.2. The summed E-state index contributed by atoms with van der Waals surface area (Å²) in [5.74, 6) is 1.03. The summed E-state index contributed by atoms with van der Waals surface area (Å²) in [5, 5.41) is 3.39. The van der Waals surface area contributed by atoms with E-state index in [9.17, 15) is 9.59 Å². The van der Waals surface area contributed by atoms with Gasteiger partial charge in [-0.1, -0.05) is 6.58 Å². The Morgan fingerprint density at radius 2 is 1.91 bits per heavy atom. The smallest absolute Gasteiger partial charge is 0.266 e. The number of aromatic nitrogens is 2. The molecule has 1 heterocycles. The summed E-state index contributed by atoms with van der Waals surface area (Å²) < 4.78 is 7.22. The third-order valence-corrected chi connectivity index (χ3v) is 4.95. The van der Waals surface area contributed by atoms with Gasteiger partial charge < -0.3 is 15.0 Å². The van der Waals surface area contributed by atoms with Gasteiger partial charge in [-0.3, -0.25) is 14.2 Å². The summed E-state index contributed by atoms with van der Waals surface area (Å²) in [7, 11) is 4.00. The van der Waals surface area contributed by atoms with Gasteiger partial charge in [0.2, 0.25) is 0 Å². The molecule has 0 spiro atoms. The Morgan fingerprint density at radius 1 is 1.19 bits per heavy atom. The van der Waals surface area contributed by atoms with Crippen molar-refractivity contribution in [3.63, 3.8) is 0 Å². The number of carbonyl (C=O) groups excluding carboxylic acids is 1. The number of hydrogen-bond acceptors (Lipinski definition) is 5. The second-order valence-corrected chi connectivity index (χ2v) is 8.18. The summed E-state index contributed by atoms with van der Waals surface area (Å²) in [6, 6.07) is 12.3. The van der Waals surface area contributed by atoms with Crippen LogP contribution in [-0.4, -0.2) is 54.1 Å². The molecule has 0 fully saturated rings. The van der Waals surface area contributed by atoms with Crippen LogP contribution in [0.2, 0.25) is 0 Å². The van der Waals surface area contributed by atoms with E-state index in [-0.39, 0.29) is 11.5 Å². The zero-order valence-corrected chi connectivity index (χ0v) is 19.1. The van der Waals surface area contributed by atoms with Gasteiger partial charge in [0.1, 0.15) is 18.2 Å². The lowest BCUT2D eigenvalue weighted by Crippen LogP contribution is -2.27. The Labute approximate surface area is 188 Å². The van der Waals surface area contributed by atoms with Gasteiger partial charge in [-0.25, -0.2) is 4.98 Å². The van der Waals surface area contributed by atoms with Gasteiger partial charge in [-0.15, -0.1) is 0 Å². The van der Waals surface area contributed by atoms with Crippen molar-refractivity contribution in [2.24, 2.45) is 0 Å². The molecule has 7 nitrogen and oxygen atoms in total. The first-order valence-corrected chi connectivity index (χ1v) is 10.6. The van der Waals surface area contributed by atoms with Gasteiger partial charge in [0.05, 0.1) is 16.6 Å². The summed E-state index contributed by atoms with van der Waals surface area (Å²) in [5.41, 5.74) is 2.52. The van der Waals surface area contributed by atoms with Gasteiger partial charge >= 0.3 is 0 Å². The van der Waals surface area contributed by atoms with Crippen LogP contribution in [0.5, 0.6) is 5.75 Å². The first-order chi connectivity index (χ1) is 15.3. The van der Waals surface area contributed by atoms with Crippen LogP contribution in [0.25, 0.3) is 16.6 Å². The quantitative estimate of drug-likeness (QED) is 0.413. The molecule has 1 amide bonds. The van der Waals surface area contributed by atoms with Gasteiger partial charge in [-0.05, 0) is 88.9 Å². The van der Waals surface area contributed by atoms with E-state index in [4.69, 9.17) is 4.74 Å². The lowest BCUT2D eigenvalue weighted by Gasteiger charge is -2.13. The standard InChI is InChI=1S/C25H30N4O3/c1-17(2)16-32-21-11-12-23-22(15-21)25(31)29(18(3)27-23)20-9-7-19(8-10-20)24(30)26-13-6-14-28(4)5/h7-12,15H,1,6,13-14,16H2,2-5H3,(H,26,30). The summed E-state index contributed by atoms with van der Waals surface area (Å²) in [6.45, 7) is 9.41. The Balaban J connectivity index is 1.84. The number of fused-ring (bicyclic) bond motifs is 1. The number of benzene rings is 2. The van der Waals surface area contributed by atoms with Crippen LogP contribution in [0.1, 0.15) is 29.5 Å². The average molecular weight is 435 g/mol. The lowest BCUT2D eigenvalue weighted by atomic mass is 10.1. The maximum absolute atomic E-state index is 13.3. The van der Waals surface area contributed by atoms with Crippen LogP contribution in [0.15, 0.2) is 59.4 Å². The minimum Gasteiger partial charge on any atom is -0.489 e. The molecular weight excluding hydrogens is 404 g/mol. The highest BCUT2D eigenvalue weighted by molar-refractivity contribution is 5.94. The van der Waals surface area contributed by atoms with Crippen LogP contribution >= 0.6 is 0 Å². The normalized spacial score (nSPS) is 11.0. The highest BCUT2D eigenvalue weighted by atomic mass is 16.5. The zero-order chi connectivity index (χ0) is 23.3. The molecule has 0 aliphatic heterocycles. The second kappa shape index (κ2) is 10.2. The van der Waals surface area contributed by atoms with E-state index in [1.165, 1.54) is 0 Å². The van der Waals surface area contributed by atoms with Gasteiger partial charge in [-0.2, -0.15) is 0 Å². The van der Waals surface area contributed by atoms with E-state index >= 15 is 0 Å². The van der Waals surface area contributed by atoms with E-state index in [1.807, 2.05) is 21.0 Å². The molecule has 3 aromatic rings. The molecule has 0 atom stereocenters. The molecule has 0 saturated carbocycles. The van der Waals surface area contributed by atoms with Crippen molar-refractivity contribution in [1.82, 2.24) is 19.8 Å². The van der Waals surface area contributed by atoms with Crippen LogP contribution in [0, 0.1) is 6.92 Å². The second-order valence-electron chi connectivity index (χ2n) is 8.18. The molecule has 0 unspecified atom stereocenters. The molecule has 7 heteroatoms. The molecule has 0 aliphatic carbocycles. The van der Waals surface area contributed by atoms with Crippen molar-refractivity contribution in [3.8, 4) is 11.4 Å². The maximum atomic E-state index is 13.3. The van der Waals surface area contributed by atoms with Crippen LogP contribution in [0.4, 0.5) is 0 Å². The molecule has 0 saturated heterocycles. The molecular formula is C25H30N4O3. The summed E-state index contributed by atoms with van der Waals surface area (Å²) in [6.07, 6.45) is 0.881. The topological polar surface area (TPSA) is 76.5 Å². The SMILES string of the molecule is C=C(C)COc1ccc2nc(C)n(-c3ccc(C(=O)NCCCN(C)C)cc3)c(=O)c2c1. The Kier molecular flexibility index (Phi) is 7.43. The van der Waals surface area contributed by atoms with Crippen LogP contribution < -0.4 is 15.6 Å². The van der Waals surface area contributed by atoms with Gasteiger partial charge in [0.25, 0.3) is 11.5 Å². The predicted octanol–water partition coefficient (Wildman–Crippen LogP) is 3.33. The Hall–Kier alpha value is -3.45. The molecule has 0 bridgehead atoms.